The van der Waals surface area contributed by atoms with Gasteiger partial charge in [0.05, 0.1) is 12.7 Å². The predicted octanol–water partition coefficient (Wildman–Crippen LogP) is 2.78. The predicted molar refractivity (Wildman–Crippen MR) is 84.5 cm³/mol. The van der Waals surface area contributed by atoms with E-state index in [1.807, 2.05) is 0 Å². The lowest BCUT2D eigenvalue weighted by molar-refractivity contribution is -0.124. The van der Waals surface area contributed by atoms with E-state index in [9.17, 15) is 9.59 Å². The first-order chi connectivity index (χ1) is 10.6. The van der Waals surface area contributed by atoms with Gasteiger partial charge in [0, 0.05) is 11.5 Å². The second-order valence-corrected chi connectivity index (χ2v) is 7.14. The Labute approximate surface area is 134 Å². The minimum absolute atomic E-state index is 0.158. The van der Waals surface area contributed by atoms with Crippen molar-refractivity contribution in [3.8, 4) is 0 Å². The molecule has 0 unspecified atom stereocenters. The molecule has 1 fully saturated rings. The van der Waals surface area contributed by atoms with Gasteiger partial charge in [0.1, 0.15) is 11.1 Å². The molecule has 1 aliphatic heterocycles. The van der Waals surface area contributed by atoms with Gasteiger partial charge in [-0.3, -0.25) is 4.79 Å². The zero-order valence-electron chi connectivity index (χ0n) is 12.9. The van der Waals surface area contributed by atoms with Crippen LogP contribution in [0.5, 0.6) is 0 Å². The van der Waals surface area contributed by atoms with Gasteiger partial charge in [0.15, 0.2) is 0 Å². The molecule has 0 bridgehead atoms. The number of fused-ring (bicyclic) bond motifs is 1. The summed E-state index contributed by atoms with van der Waals surface area (Å²) in [4.78, 5) is 25.6. The Bertz CT molecular complexity index is 589. The maximum absolute atomic E-state index is 12.3. The number of carbonyl (C=O) groups is 2. The van der Waals surface area contributed by atoms with Gasteiger partial charge in [-0.15, -0.1) is 11.3 Å². The fourth-order valence-corrected chi connectivity index (χ4v) is 4.54. The average Bonchev–Trinajstić information content (AvgIpc) is 3.13. The van der Waals surface area contributed by atoms with Crippen LogP contribution in [0.4, 0.5) is 5.00 Å². The summed E-state index contributed by atoms with van der Waals surface area (Å²) in [5.41, 5.74) is 1.60. The third-order valence-electron chi connectivity index (χ3n) is 4.36. The van der Waals surface area contributed by atoms with Crippen LogP contribution in [-0.4, -0.2) is 31.7 Å². The molecule has 5 nitrogen and oxygen atoms in total. The summed E-state index contributed by atoms with van der Waals surface area (Å²) in [6, 6.07) is 0. The Morgan fingerprint density at radius 1 is 1.36 bits per heavy atom. The van der Waals surface area contributed by atoms with E-state index in [2.05, 4.69) is 12.2 Å². The number of amides is 1. The third kappa shape index (κ3) is 2.90. The van der Waals surface area contributed by atoms with E-state index in [4.69, 9.17) is 9.47 Å². The quantitative estimate of drug-likeness (QED) is 0.869. The van der Waals surface area contributed by atoms with Crippen LogP contribution in [0.15, 0.2) is 0 Å². The molecule has 6 heteroatoms. The van der Waals surface area contributed by atoms with E-state index in [0.717, 1.165) is 37.7 Å². The summed E-state index contributed by atoms with van der Waals surface area (Å²) >= 11 is 1.51. The number of thiophene rings is 1. The lowest BCUT2D eigenvalue weighted by atomic mass is 9.88. The molecule has 1 amide bonds. The summed E-state index contributed by atoms with van der Waals surface area (Å²) in [5, 5.41) is 3.51. The van der Waals surface area contributed by atoms with Crippen molar-refractivity contribution in [2.75, 3.05) is 19.0 Å². The molecule has 2 heterocycles. The molecule has 0 aromatic carbocycles. The zero-order chi connectivity index (χ0) is 15.7. The molecule has 0 saturated carbocycles. The Kier molecular flexibility index (Phi) is 4.49. The second-order valence-electron chi connectivity index (χ2n) is 6.04. The number of anilines is 1. The van der Waals surface area contributed by atoms with Crippen LogP contribution in [0.2, 0.25) is 0 Å². The Morgan fingerprint density at radius 2 is 2.18 bits per heavy atom. The molecular weight excluding hydrogens is 302 g/mol. The van der Waals surface area contributed by atoms with E-state index in [1.165, 1.54) is 23.3 Å². The van der Waals surface area contributed by atoms with Crippen LogP contribution in [0.25, 0.3) is 0 Å². The molecule has 120 valence electrons. The molecule has 0 spiro atoms. The normalized spacial score (nSPS) is 23.9. The average molecular weight is 323 g/mol. The molecule has 22 heavy (non-hydrogen) atoms. The summed E-state index contributed by atoms with van der Waals surface area (Å²) in [6.07, 6.45) is 4.13. The molecule has 2 aliphatic rings. The van der Waals surface area contributed by atoms with Crippen molar-refractivity contribution in [2.45, 2.75) is 45.1 Å². The zero-order valence-corrected chi connectivity index (χ0v) is 13.8. The highest BCUT2D eigenvalue weighted by Gasteiger charge is 2.31. The van der Waals surface area contributed by atoms with E-state index < -0.39 is 6.10 Å². The number of rotatable bonds is 3. The largest absolute Gasteiger partial charge is 0.465 e. The van der Waals surface area contributed by atoms with Crippen molar-refractivity contribution in [3.63, 3.8) is 0 Å². The minimum Gasteiger partial charge on any atom is -0.465 e. The van der Waals surface area contributed by atoms with Gasteiger partial charge in [0.2, 0.25) is 0 Å². The van der Waals surface area contributed by atoms with Crippen molar-refractivity contribution < 1.29 is 19.1 Å². The van der Waals surface area contributed by atoms with E-state index >= 15 is 0 Å². The minimum atomic E-state index is -0.399. The van der Waals surface area contributed by atoms with Gasteiger partial charge in [0.25, 0.3) is 5.91 Å². The van der Waals surface area contributed by atoms with Crippen LogP contribution in [0.1, 0.15) is 47.0 Å². The molecule has 1 aliphatic carbocycles. The maximum atomic E-state index is 12.3. The monoisotopic (exact) mass is 323 g/mol. The molecule has 1 aromatic heterocycles. The van der Waals surface area contributed by atoms with Gasteiger partial charge >= 0.3 is 5.97 Å². The van der Waals surface area contributed by atoms with Gasteiger partial charge in [-0.2, -0.15) is 0 Å². The number of carbonyl (C=O) groups excluding carboxylic acids is 2. The third-order valence-corrected chi connectivity index (χ3v) is 5.53. The second kappa shape index (κ2) is 6.38. The molecule has 2 atom stereocenters. The van der Waals surface area contributed by atoms with Crippen LogP contribution in [-0.2, 0) is 27.1 Å². The summed E-state index contributed by atoms with van der Waals surface area (Å²) < 4.78 is 10.3. The van der Waals surface area contributed by atoms with E-state index in [1.54, 1.807) is 0 Å². The number of esters is 1. The molecule has 3 rings (SSSR count). The first-order valence-electron chi connectivity index (χ1n) is 7.75. The first kappa shape index (κ1) is 15.5. The smallest absolute Gasteiger partial charge is 0.341 e. The van der Waals surface area contributed by atoms with Crippen LogP contribution in [0, 0.1) is 5.92 Å². The van der Waals surface area contributed by atoms with Gasteiger partial charge in [-0.05, 0) is 43.6 Å². The molecule has 1 N–H and O–H groups in total. The summed E-state index contributed by atoms with van der Waals surface area (Å²) in [5.74, 6) is 0.0855. The number of ether oxygens (including phenoxy) is 2. The maximum Gasteiger partial charge on any atom is 0.341 e. The molecular formula is C16H21NO4S. The number of hydrogen-bond acceptors (Lipinski definition) is 5. The van der Waals surface area contributed by atoms with E-state index in [-0.39, 0.29) is 11.9 Å². The standard InChI is InChI=1S/C16H21NO4S/c1-9-5-6-10-12(8-9)22-15(13(10)16(19)20-2)17-14(18)11-4-3-7-21-11/h9,11H,3-8H2,1-2H3,(H,17,18)/t9-,11+/m1/s1. The Hall–Kier alpha value is -1.40. The van der Waals surface area contributed by atoms with Crippen molar-refractivity contribution in [3.05, 3.63) is 16.0 Å². The van der Waals surface area contributed by atoms with Crippen molar-refractivity contribution in [1.82, 2.24) is 0 Å². The lowest BCUT2D eigenvalue weighted by Crippen LogP contribution is -2.27. The van der Waals surface area contributed by atoms with E-state index in [0.29, 0.717) is 23.1 Å². The van der Waals surface area contributed by atoms with Crippen LogP contribution >= 0.6 is 11.3 Å². The topological polar surface area (TPSA) is 64.6 Å². The van der Waals surface area contributed by atoms with Crippen molar-refractivity contribution in [2.24, 2.45) is 5.92 Å². The van der Waals surface area contributed by atoms with Crippen molar-refractivity contribution >= 4 is 28.2 Å². The fourth-order valence-electron chi connectivity index (χ4n) is 3.13. The fraction of sp³-hybridized carbons (Fsp3) is 0.625. The number of hydrogen-bond donors (Lipinski definition) is 1. The number of nitrogens with one attached hydrogen (secondary N) is 1. The van der Waals surface area contributed by atoms with Crippen LogP contribution < -0.4 is 5.32 Å². The first-order valence-corrected chi connectivity index (χ1v) is 8.57. The SMILES string of the molecule is COC(=O)c1c(NC(=O)[C@@H]2CCCO2)sc2c1CC[C@@H](C)C2. The highest BCUT2D eigenvalue weighted by molar-refractivity contribution is 7.17. The van der Waals surface area contributed by atoms with Gasteiger partial charge in [-0.1, -0.05) is 6.92 Å². The lowest BCUT2D eigenvalue weighted by Gasteiger charge is -2.18. The molecule has 1 saturated heterocycles. The molecule has 1 aromatic rings. The Balaban J connectivity index is 1.89. The summed E-state index contributed by atoms with van der Waals surface area (Å²) in [7, 11) is 1.38. The summed E-state index contributed by atoms with van der Waals surface area (Å²) in [6.45, 7) is 2.84. The molecule has 0 radical (unpaired) electrons. The van der Waals surface area contributed by atoms with Crippen LogP contribution in [0.3, 0.4) is 0 Å². The van der Waals surface area contributed by atoms with Crippen molar-refractivity contribution in [1.29, 1.82) is 0 Å². The van der Waals surface area contributed by atoms with Gasteiger partial charge < -0.3 is 14.8 Å². The Morgan fingerprint density at radius 3 is 2.86 bits per heavy atom. The highest BCUT2D eigenvalue weighted by Crippen LogP contribution is 2.40. The highest BCUT2D eigenvalue weighted by atomic mass is 32.1. The van der Waals surface area contributed by atoms with Gasteiger partial charge in [-0.25, -0.2) is 4.79 Å². The number of methoxy groups -OCH3 is 1.